The summed E-state index contributed by atoms with van der Waals surface area (Å²) in [6.07, 6.45) is 26.3. The van der Waals surface area contributed by atoms with Crippen molar-refractivity contribution in [1.29, 1.82) is 0 Å². The van der Waals surface area contributed by atoms with Gasteiger partial charge in [-0.05, 0) is 152 Å². The summed E-state index contributed by atoms with van der Waals surface area (Å²) in [7, 11) is 2.22. The maximum absolute atomic E-state index is 4.74. The van der Waals surface area contributed by atoms with Gasteiger partial charge in [-0.25, -0.2) is 0 Å². The number of nitrogens with zero attached hydrogens (tertiary/aromatic N) is 2. The van der Waals surface area contributed by atoms with Gasteiger partial charge in [0.15, 0.2) is 0 Å². The summed E-state index contributed by atoms with van der Waals surface area (Å²) in [4.78, 5) is 4.74. The number of fused-ring (bicyclic) bond motifs is 6. The van der Waals surface area contributed by atoms with Crippen LogP contribution >= 0.6 is 0 Å². The van der Waals surface area contributed by atoms with Crippen LogP contribution in [0.4, 0.5) is 0 Å². The molecule has 55 heavy (non-hydrogen) atoms. The van der Waals surface area contributed by atoms with E-state index >= 15 is 0 Å². The average Bonchev–Trinajstić information content (AvgIpc) is 3.37. The molecular weight excluding hydrogens is 665 g/mol. The van der Waals surface area contributed by atoms with Gasteiger partial charge in [0.1, 0.15) is 0 Å². The number of allylic oxidation sites excluding steroid dienone is 9. The van der Waals surface area contributed by atoms with Gasteiger partial charge in [0.2, 0.25) is 0 Å². The highest BCUT2D eigenvalue weighted by Crippen LogP contribution is 2.48. The number of rotatable bonds is 3. The van der Waals surface area contributed by atoms with E-state index in [-0.39, 0.29) is 5.41 Å². The summed E-state index contributed by atoms with van der Waals surface area (Å²) in [6, 6.07) is 36.7. The first kappa shape index (κ1) is 33.6. The zero-order valence-electron chi connectivity index (χ0n) is 32.1. The van der Waals surface area contributed by atoms with Crippen molar-refractivity contribution in [2.45, 2.75) is 52.4 Å². The molecule has 0 saturated carbocycles. The van der Waals surface area contributed by atoms with E-state index in [1.807, 2.05) is 12.3 Å². The molecule has 3 aliphatic carbocycles. The Morgan fingerprint density at radius 3 is 2.09 bits per heavy atom. The van der Waals surface area contributed by atoms with Crippen molar-refractivity contribution >= 4 is 38.5 Å². The standard InChI is InChI=1S/C53H46N2/c1-53(2)34-40-33-46-45(32-39(40)29-35-17-8-4-6-10-23-47(35)53)52(38-26-27-50-44(31-38)41-20-9-5-7-11-25-49(41)55(50)3)43-22-13-12-21-42(43)51(46)37-19-16-18-36(30-37)48-24-14-15-28-54-48/h4-8,11-19,21-22,24-28,30-33H,9-10,20,23,29,34H2,1-3H3/b6-4-,7-5-,17-8-,25-11-. The van der Waals surface area contributed by atoms with Gasteiger partial charge in [0.25, 0.3) is 0 Å². The Morgan fingerprint density at radius 2 is 1.31 bits per heavy atom. The minimum Gasteiger partial charge on any atom is -0.344 e. The molecule has 5 aromatic carbocycles. The molecule has 0 spiro atoms. The predicted octanol–water partition coefficient (Wildman–Crippen LogP) is 13.7. The van der Waals surface area contributed by atoms with E-state index in [0.29, 0.717) is 0 Å². The molecule has 0 amide bonds. The molecule has 2 heteroatoms. The van der Waals surface area contributed by atoms with Gasteiger partial charge in [0, 0.05) is 35.4 Å². The summed E-state index contributed by atoms with van der Waals surface area (Å²) in [5, 5.41) is 6.59. The highest BCUT2D eigenvalue weighted by molar-refractivity contribution is 6.22. The topological polar surface area (TPSA) is 17.8 Å². The lowest BCUT2D eigenvalue weighted by molar-refractivity contribution is 0.427. The number of aromatic nitrogens is 2. The van der Waals surface area contributed by atoms with E-state index in [4.69, 9.17) is 4.98 Å². The number of hydrogen-bond acceptors (Lipinski definition) is 1. The SMILES string of the molecule is Cn1c2c(c3cc(-c4c5ccccc5c(-c5cccc(-c6ccccn6)c5)c5cc6c(cc45)CC4=C(CC/C=C\C=C/4)C(C)(C)C6)ccc31)CC/C=C\C=C/2. The fourth-order valence-electron chi connectivity index (χ4n) is 9.91. The Balaban J connectivity index is 1.29. The fourth-order valence-corrected chi connectivity index (χ4v) is 9.91. The van der Waals surface area contributed by atoms with Crippen molar-refractivity contribution in [2.24, 2.45) is 12.5 Å². The normalized spacial score (nSPS) is 18.7. The van der Waals surface area contributed by atoms with Crippen molar-refractivity contribution in [3.8, 4) is 33.5 Å². The summed E-state index contributed by atoms with van der Waals surface area (Å²) >= 11 is 0. The molecule has 2 nitrogen and oxygen atoms in total. The summed E-state index contributed by atoms with van der Waals surface area (Å²) in [5.74, 6) is 0. The predicted molar refractivity (Wildman–Crippen MR) is 234 cm³/mol. The first-order valence-corrected chi connectivity index (χ1v) is 20.0. The Labute approximate surface area is 324 Å². The molecule has 0 atom stereocenters. The van der Waals surface area contributed by atoms with Gasteiger partial charge < -0.3 is 4.57 Å². The van der Waals surface area contributed by atoms with Crippen LogP contribution < -0.4 is 0 Å². The third kappa shape index (κ3) is 5.74. The number of hydrogen-bond donors (Lipinski definition) is 0. The van der Waals surface area contributed by atoms with Crippen LogP contribution in [-0.2, 0) is 26.3 Å². The molecule has 7 aromatic rings. The van der Waals surface area contributed by atoms with E-state index < -0.39 is 0 Å². The molecule has 2 heterocycles. The van der Waals surface area contributed by atoms with Crippen molar-refractivity contribution in [3.05, 3.63) is 179 Å². The molecule has 0 bridgehead atoms. The summed E-state index contributed by atoms with van der Waals surface area (Å²) in [6.45, 7) is 4.93. The Morgan fingerprint density at radius 1 is 0.600 bits per heavy atom. The monoisotopic (exact) mass is 710 g/mol. The molecule has 0 N–H and O–H groups in total. The third-order valence-electron chi connectivity index (χ3n) is 12.5. The summed E-state index contributed by atoms with van der Waals surface area (Å²) in [5.41, 5.74) is 17.4. The van der Waals surface area contributed by atoms with Gasteiger partial charge >= 0.3 is 0 Å². The molecule has 0 fully saturated rings. The largest absolute Gasteiger partial charge is 0.344 e. The van der Waals surface area contributed by atoms with Crippen LogP contribution in [-0.4, -0.2) is 9.55 Å². The highest BCUT2D eigenvalue weighted by atomic mass is 14.9. The third-order valence-corrected chi connectivity index (χ3v) is 12.5. The second-order valence-corrected chi connectivity index (χ2v) is 16.3. The molecule has 268 valence electrons. The fraction of sp³-hybridized carbons (Fsp3) is 0.189. The Bertz CT molecular complexity index is 2830. The molecule has 10 rings (SSSR count). The Kier molecular flexibility index (Phi) is 8.17. The molecule has 0 radical (unpaired) electrons. The average molecular weight is 711 g/mol. The van der Waals surface area contributed by atoms with Crippen LogP contribution in [0.15, 0.2) is 157 Å². The number of aryl methyl sites for hydroxylation is 2. The van der Waals surface area contributed by atoms with Crippen LogP contribution in [0.1, 0.15) is 55.5 Å². The molecule has 0 unspecified atom stereocenters. The highest BCUT2D eigenvalue weighted by Gasteiger charge is 2.31. The lowest BCUT2D eigenvalue weighted by atomic mass is 9.75. The molecule has 0 aliphatic heterocycles. The molecule has 0 saturated heterocycles. The number of pyridine rings is 1. The van der Waals surface area contributed by atoms with Gasteiger partial charge in [0.05, 0.1) is 5.69 Å². The van der Waals surface area contributed by atoms with Gasteiger partial charge in [-0.1, -0.05) is 123 Å². The minimum absolute atomic E-state index is 0.0567. The maximum atomic E-state index is 4.74. The zero-order valence-corrected chi connectivity index (χ0v) is 32.1. The molecule has 2 aromatic heterocycles. The van der Waals surface area contributed by atoms with Gasteiger partial charge in [-0.2, -0.15) is 0 Å². The van der Waals surface area contributed by atoms with Crippen molar-refractivity contribution in [1.82, 2.24) is 9.55 Å². The molecular formula is C53H46N2. The second kappa shape index (κ2) is 13.4. The van der Waals surface area contributed by atoms with Crippen LogP contribution in [0, 0.1) is 5.41 Å². The van der Waals surface area contributed by atoms with E-state index in [1.54, 1.807) is 5.57 Å². The van der Waals surface area contributed by atoms with E-state index in [1.165, 1.54) is 82.7 Å². The molecule has 3 aliphatic rings. The van der Waals surface area contributed by atoms with E-state index in [2.05, 4.69) is 165 Å². The lowest BCUT2D eigenvalue weighted by Gasteiger charge is -2.29. The van der Waals surface area contributed by atoms with Crippen LogP contribution in [0.3, 0.4) is 0 Å². The van der Waals surface area contributed by atoms with Crippen LogP contribution in [0.2, 0.25) is 0 Å². The van der Waals surface area contributed by atoms with Crippen molar-refractivity contribution in [2.75, 3.05) is 0 Å². The van der Waals surface area contributed by atoms with Crippen molar-refractivity contribution in [3.63, 3.8) is 0 Å². The van der Waals surface area contributed by atoms with Crippen LogP contribution in [0.5, 0.6) is 0 Å². The Hall–Kier alpha value is -5.99. The van der Waals surface area contributed by atoms with Gasteiger partial charge in [-0.15, -0.1) is 0 Å². The minimum atomic E-state index is 0.0567. The second-order valence-electron chi connectivity index (χ2n) is 16.3. The smallest absolute Gasteiger partial charge is 0.0702 e. The first-order chi connectivity index (χ1) is 26.9. The van der Waals surface area contributed by atoms with Crippen LogP contribution in [0.25, 0.3) is 72.0 Å². The zero-order chi connectivity index (χ0) is 37.1. The first-order valence-electron chi connectivity index (χ1n) is 20.0. The number of benzene rings is 5. The van der Waals surface area contributed by atoms with E-state index in [9.17, 15) is 0 Å². The lowest BCUT2D eigenvalue weighted by Crippen LogP contribution is -2.19. The van der Waals surface area contributed by atoms with E-state index in [0.717, 1.165) is 49.8 Å². The van der Waals surface area contributed by atoms with Gasteiger partial charge in [-0.3, -0.25) is 4.98 Å². The van der Waals surface area contributed by atoms with Crippen molar-refractivity contribution < 1.29 is 0 Å². The summed E-state index contributed by atoms with van der Waals surface area (Å²) < 4.78 is 2.38. The quantitative estimate of drug-likeness (QED) is 0.167. The maximum Gasteiger partial charge on any atom is 0.0702 e.